The van der Waals surface area contributed by atoms with Crippen LogP contribution < -0.4 is 0 Å². The van der Waals surface area contributed by atoms with Gasteiger partial charge in [0.15, 0.2) is 0 Å². The molecule has 2 aromatic rings. The van der Waals surface area contributed by atoms with E-state index in [0.29, 0.717) is 18.1 Å². The molecule has 2 atom stereocenters. The fraction of sp³-hybridized carbons (Fsp3) is 0.409. The van der Waals surface area contributed by atoms with Crippen LogP contribution in [0.2, 0.25) is 0 Å². The van der Waals surface area contributed by atoms with E-state index in [4.69, 9.17) is 9.47 Å². The molecule has 0 fully saturated rings. The molecule has 0 aliphatic carbocycles. The van der Waals surface area contributed by atoms with Gasteiger partial charge in [0.05, 0.1) is 12.2 Å². The van der Waals surface area contributed by atoms with E-state index in [1.54, 1.807) is 6.07 Å². The minimum Gasteiger partial charge on any atom is -0.420 e. The van der Waals surface area contributed by atoms with Crippen LogP contribution in [0.5, 0.6) is 0 Å². The largest absolute Gasteiger partial charge is 0.420 e. The summed E-state index contributed by atoms with van der Waals surface area (Å²) in [6.45, 7) is 4.97. The quantitative estimate of drug-likeness (QED) is 0.613. The molecule has 1 heterocycles. The van der Waals surface area contributed by atoms with Gasteiger partial charge < -0.3 is 9.47 Å². The Morgan fingerprint density at radius 3 is 2.48 bits per heavy atom. The van der Waals surface area contributed by atoms with Crippen LogP contribution in [0.25, 0.3) is 0 Å². The molecular weight excluding hydrogens is 312 g/mol. The van der Waals surface area contributed by atoms with Crippen molar-refractivity contribution < 1.29 is 14.3 Å². The predicted octanol–water partition coefficient (Wildman–Crippen LogP) is 5.29. The number of hydrogen-bond donors (Lipinski definition) is 0. The monoisotopic (exact) mass is 338 g/mol. The van der Waals surface area contributed by atoms with E-state index in [0.717, 1.165) is 24.0 Å². The minimum atomic E-state index is -1.13. The van der Waals surface area contributed by atoms with Crippen LogP contribution in [0.15, 0.2) is 54.6 Å². The highest BCUT2D eigenvalue weighted by Gasteiger charge is 2.48. The van der Waals surface area contributed by atoms with Crippen molar-refractivity contribution in [2.45, 2.75) is 45.3 Å². The highest BCUT2D eigenvalue weighted by atomic mass is 16.7. The van der Waals surface area contributed by atoms with E-state index in [-0.39, 0.29) is 5.97 Å². The Hall–Kier alpha value is -2.13. The molecule has 1 aliphatic rings. The molecule has 0 aromatic heterocycles. The zero-order valence-corrected chi connectivity index (χ0v) is 15.0. The lowest BCUT2D eigenvalue weighted by atomic mass is 9.94. The zero-order chi connectivity index (χ0) is 17.7. The number of hydrogen-bond acceptors (Lipinski definition) is 3. The smallest absolute Gasteiger partial charge is 0.341 e. The van der Waals surface area contributed by atoms with Crippen LogP contribution in [0.3, 0.4) is 0 Å². The SMILES string of the molecule is CCCC[C@H](CC)CO[C@]1(c2ccccc2)OC(=O)c2ccccc21. The Morgan fingerprint density at radius 1 is 1.04 bits per heavy atom. The Morgan fingerprint density at radius 2 is 1.76 bits per heavy atom. The fourth-order valence-corrected chi connectivity index (χ4v) is 3.38. The molecule has 132 valence electrons. The number of rotatable bonds is 8. The molecule has 0 N–H and O–H groups in total. The molecule has 0 saturated heterocycles. The lowest BCUT2D eigenvalue weighted by Crippen LogP contribution is -2.33. The normalized spacial score (nSPS) is 20.2. The number of unbranched alkanes of at least 4 members (excludes halogenated alkanes) is 1. The van der Waals surface area contributed by atoms with Crippen molar-refractivity contribution in [1.82, 2.24) is 0 Å². The third kappa shape index (κ3) is 3.47. The number of ether oxygens (including phenoxy) is 2. The highest BCUT2D eigenvalue weighted by molar-refractivity contribution is 5.95. The van der Waals surface area contributed by atoms with Gasteiger partial charge >= 0.3 is 5.97 Å². The molecule has 0 radical (unpaired) electrons. The molecule has 0 unspecified atom stereocenters. The average Bonchev–Trinajstić information content (AvgIpc) is 2.96. The molecule has 1 aliphatic heterocycles. The van der Waals surface area contributed by atoms with Gasteiger partial charge in [0.25, 0.3) is 5.79 Å². The van der Waals surface area contributed by atoms with Gasteiger partial charge in [0.2, 0.25) is 0 Å². The van der Waals surface area contributed by atoms with Crippen LogP contribution >= 0.6 is 0 Å². The van der Waals surface area contributed by atoms with Gasteiger partial charge in [-0.3, -0.25) is 0 Å². The maximum atomic E-state index is 12.4. The number of cyclic esters (lactones) is 1. The lowest BCUT2D eigenvalue weighted by Gasteiger charge is -2.31. The fourth-order valence-electron chi connectivity index (χ4n) is 3.38. The third-order valence-electron chi connectivity index (χ3n) is 4.96. The lowest BCUT2D eigenvalue weighted by molar-refractivity contribution is -0.182. The minimum absolute atomic E-state index is 0.318. The second-order valence-corrected chi connectivity index (χ2v) is 6.65. The van der Waals surface area contributed by atoms with Gasteiger partial charge in [-0.25, -0.2) is 4.79 Å². The van der Waals surface area contributed by atoms with Gasteiger partial charge in [-0.15, -0.1) is 0 Å². The molecule has 0 bridgehead atoms. The van der Waals surface area contributed by atoms with Crippen molar-refractivity contribution in [1.29, 1.82) is 0 Å². The molecule has 0 amide bonds. The predicted molar refractivity (Wildman–Crippen MR) is 98.3 cm³/mol. The summed E-state index contributed by atoms with van der Waals surface area (Å²) < 4.78 is 12.2. The van der Waals surface area contributed by atoms with E-state index < -0.39 is 5.79 Å². The van der Waals surface area contributed by atoms with E-state index in [2.05, 4.69) is 13.8 Å². The van der Waals surface area contributed by atoms with Crippen molar-refractivity contribution in [2.24, 2.45) is 5.92 Å². The molecule has 0 saturated carbocycles. The first kappa shape index (κ1) is 17.7. The number of esters is 1. The standard InChI is InChI=1S/C22H26O3/c1-3-5-11-17(4-2)16-24-22(18-12-7-6-8-13-18)20-15-10-9-14-19(20)21(23)25-22/h6-10,12-15,17H,3-5,11,16H2,1-2H3/t17-,22+/m0/s1. The van der Waals surface area contributed by atoms with Crippen LogP contribution in [0.1, 0.15) is 61.0 Å². The summed E-state index contributed by atoms with van der Waals surface area (Å²) in [6, 6.07) is 17.3. The van der Waals surface area contributed by atoms with E-state index >= 15 is 0 Å². The van der Waals surface area contributed by atoms with Gasteiger partial charge in [0, 0.05) is 11.1 Å². The molecular formula is C22H26O3. The molecule has 3 rings (SSSR count). The third-order valence-corrected chi connectivity index (χ3v) is 4.96. The van der Waals surface area contributed by atoms with Gasteiger partial charge in [-0.1, -0.05) is 81.6 Å². The van der Waals surface area contributed by atoms with Crippen molar-refractivity contribution in [3.05, 3.63) is 71.3 Å². The van der Waals surface area contributed by atoms with Crippen LogP contribution in [-0.2, 0) is 15.3 Å². The summed E-state index contributed by atoms with van der Waals surface area (Å²) in [5.74, 6) is -0.984. The summed E-state index contributed by atoms with van der Waals surface area (Å²) in [7, 11) is 0. The van der Waals surface area contributed by atoms with Crippen molar-refractivity contribution >= 4 is 5.97 Å². The maximum Gasteiger partial charge on any atom is 0.341 e. The number of fused-ring (bicyclic) bond motifs is 1. The second kappa shape index (κ2) is 7.83. The summed E-state index contributed by atoms with van der Waals surface area (Å²) in [6.07, 6.45) is 4.56. The first-order valence-electron chi connectivity index (χ1n) is 9.23. The number of benzene rings is 2. The van der Waals surface area contributed by atoms with Crippen molar-refractivity contribution in [3.8, 4) is 0 Å². The van der Waals surface area contributed by atoms with Gasteiger partial charge in [0.1, 0.15) is 0 Å². The maximum absolute atomic E-state index is 12.4. The van der Waals surface area contributed by atoms with Crippen LogP contribution in [-0.4, -0.2) is 12.6 Å². The van der Waals surface area contributed by atoms with Crippen LogP contribution in [0, 0.1) is 5.92 Å². The molecule has 3 nitrogen and oxygen atoms in total. The summed E-state index contributed by atoms with van der Waals surface area (Å²) >= 11 is 0. The first-order chi connectivity index (χ1) is 12.2. The topological polar surface area (TPSA) is 35.5 Å². The van der Waals surface area contributed by atoms with E-state index in [9.17, 15) is 4.79 Å². The van der Waals surface area contributed by atoms with Crippen molar-refractivity contribution in [3.63, 3.8) is 0 Å². The average molecular weight is 338 g/mol. The second-order valence-electron chi connectivity index (χ2n) is 6.65. The number of carbonyl (C=O) groups excluding carboxylic acids is 1. The van der Waals surface area contributed by atoms with Crippen LogP contribution in [0.4, 0.5) is 0 Å². The molecule has 25 heavy (non-hydrogen) atoms. The summed E-state index contributed by atoms with van der Waals surface area (Å²) in [5.41, 5.74) is 2.25. The van der Waals surface area contributed by atoms with E-state index in [1.165, 1.54) is 12.8 Å². The van der Waals surface area contributed by atoms with Gasteiger partial charge in [-0.05, 0) is 18.4 Å². The van der Waals surface area contributed by atoms with E-state index in [1.807, 2.05) is 48.5 Å². The summed E-state index contributed by atoms with van der Waals surface area (Å²) in [5, 5.41) is 0. The highest BCUT2D eigenvalue weighted by Crippen LogP contribution is 2.43. The Bertz CT molecular complexity index is 710. The Balaban J connectivity index is 1.94. The molecule has 3 heteroatoms. The van der Waals surface area contributed by atoms with Gasteiger partial charge in [-0.2, -0.15) is 0 Å². The number of carbonyl (C=O) groups is 1. The molecule has 0 spiro atoms. The summed E-state index contributed by atoms with van der Waals surface area (Å²) in [4.78, 5) is 12.4. The van der Waals surface area contributed by atoms with Crippen molar-refractivity contribution in [2.75, 3.05) is 6.61 Å². The Labute approximate surface area is 150 Å². The zero-order valence-electron chi connectivity index (χ0n) is 15.0. The Kier molecular flexibility index (Phi) is 5.54. The molecule has 2 aromatic carbocycles. The first-order valence-corrected chi connectivity index (χ1v) is 9.23.